The van der Waals surface area contributed by atoms with Gasteiger partial charge in [0.05, 0.1) is 0 Å². The number of carbonyl (C=O) groups is 4. The SMILES string of the molecule is C=CC1=C(C)/C(=C/c2[nH]c(Cc3[nH]c(/C=C(NC)/C(C=C)=C(/C)C=O)c(C)c3CCC(=O)O)c(CCC(=O)O)c2C)NC1=O. The zero-order valence-electron chi connectivity index (χ0n) is 25.9. The Balaban J connectivity index is 2.18. The fourth-order valence-corrected chi connectivity index (χ4v) is 5.46. The first-order valence-corrected chi connectivity index (χ1v) is 14.3. The number of aromatic amines is 2. The van der Waals surface area contributed by atoms with Crippen molar-refractivity contribution in [2.24, 2.45) is 0 Å². The molecule has 44 heavy (non-hydrogen) atoms. The summed E-state index contributed by atoms with van der Waals surface area (Å²) in [5.74, 6) is -2.07. The third-order valence-electron chi connectivity index (χ3n) is 7.99. The number of hydrogen-bond acceptors (Lipinski definition) is 5. The normalized spacial score (nSPS) is 14.9. The molecule has 2 aromatic heterocycles. The molecule has 0 saturated heterocycles. The lowest BCUT2D eigenvalue weighted by atomic mass is 9.98. The van der Waals surface area contributed by atoms with Crippen molar-refractivity contribution in [3.63, 3.8) is 0 Å². The molecule has 1 aliphatic heterocycles. The lowest BCUT2D eigenvalue weighted by Crippen LogP contribution is -2.15. The molecule has 10 heteroatoms. The molecular weight excluding hydrogens is 560 g/mol. The molecule has 0 fully saturated rings. The van der Waals surface area contributed by atoms with Crippen LogP contribution in [-0.4, -0.2) is 51.4 Å². The number of aromatic nitrogens is 2. The number of aldehydes is 1. The van der Waals surface area contributed by atoms with Gasteiger partial charge in [0.2, 0.25) is 0 Å². The summed E-state index contributed by atoms with van der Waals surface area (Å²) < 4.78 is 0. The molecule has 0 unspecified atom stereocenters. The third-order valence-corrected chi connectivity index (χ3v) is 7.99. The molecule has 0 aliphatic carbocycles. The van der Waals surface area contributed by atoms with Crippen molar-refractivity contribution < 1.29 is 29.4 Å². The van der Waals surface area contributed by atoms with Gasteiger partial charge in [0.1, 0.15) is 6.29 Å². The van der Waals surface area contributed by atoms with E-state index in [0.29, 0.717) is 34.5 Å². The Morgan fingerprint density at radius 2 is 1.48 bits per heavy atom. The molecule has 0 atom stereocenters. The number of carboxylic acid groups (broad SMARTS) is 2. The van der Waals surface area contributed by atoms with E-state index in [-0.39, 0.29) is 31.6 Å². The Labute approximate surface area is 257 Å². The molecule has 2 aromatic rings. The van der Waals surface area contributed by atoms with E-state index in [1.165, 1.54) is 6.08 Å². The Kier molecular flexibility index (Phi) is 10.9. The molecule has 0 bridgehead atoms. The third kappa shape index (κ3) is 7.26. The van der Waals surface area contributed by atoms with E-state index in [1.807, 2.05) is 32.9 Å². The Morgan fingerprint density at radius 3 is 1.93 bits per heavy atom. The van der Waals surface area contributed by atoms with Gasteiger partial charge in [-0.3, -0.25) is 19.2 Å². The second-order valence-electron chi connectivity index (χ2n) is 10.7. The van der Waals surface area contributed by atoms with Crippen molar-refractivity contribution in [2.45, 2.75) is 59.8 Å². The van der Waals surface area contributed by atoms with Gasteiger partial charge in [0.15, 0.2) is 0 Å². The van der Waals surface area contributed by atoms with Crippen LogP contribution in [-0.2, 0) is 38.4 Å². The maximum Gasteiger partial charge on any atom is 0.303 e. The maximum atomic E-state index is 12.4. The smallest absolute Gasteiger partial charge is 0.303 e. The summed E-state index contributed by atoms with van der Waals surface area (Å²) in [6.07, 6.45) is 8.37. The molecular formula is C34H40N4O6. The van der Waals surface area contributed by atoms with Crippen LogP contribution in [0.25, 0.3) is 12.2 Å². The number of carbonyl (C=O) groups excluding carboxylic acids is 2. The first-order valence-electron chi connectivity index (χ1n) is 14.3. The molecule has 3 heterocycles. The minimum absolute atomic E-state index is 0.0696. The molecule has 0 aromatic carbocycles. The quantitative estimate of drug-likeness (QED) is 0.0969. The standard InChI is InChI=1S/C34H40N4O6/c1-8-22(18(3)17-39)29(35-7)15-27-21(6)25(11-13-33(42)43)31(37-27)16-30-24(10-12-32(40)41)20(5)26(36-30)14-28-19(4)23(9-2)34(44)38-28/h8-9,14-15,17,35-37H,1-2,10-13,16H2,3-7H3,(H,38,44)(H,40,41)(H,42,43)/b22-18-,28-14-,29-15-. The number of hydrogen-bond donors (Lipinski definition) is 6. The Bertz CT molecular complexity index is 1660. The second kappa shape index (κ2) is 14.4. The van der Waals surface area contributed by atoms with Crippen LogP contribution in [0.15, 0.2) is 59.0 Å². The highest BCUT2D eigenvalue weighted by Crippen LogP contribution is 2.31. The first kappa shape index (κ1) is 33.4. The van der Waals surface area contributed by atoms with Crippen molar-refractivity contribution in [3.05, 3.63) is 104 Å². The van der Waals surface area contributed by atoms with E-state index in [1.54, 1.807) is 20.0 Å². The number of H-pyrrole nitrogens is 2. The number of aliphatic carboxylic acids is 2. The molecule has 10 nitrogen and oxygen atoms in total. The van der Waals surface area contributed by atoms with Crippen molar-refractivity contribution in [2.75, 3.05) is 7.05 Å². The number of carboxylic acids is 2. The summed E-state index contributed by atoms with van der Waals surface area (Å²) in [5, 5.41) is 24.9. The number of rotatable bonds is 15. The van der Waals surface area contributed by atoms with Gasteiger partial charge in [-0.05, 0) is 86.1 Å². The van der Waals surface area contributed by atoms with Crippen molar-refractivity contribution in [1.82, 2.24) is 20.6 Å². The van der Waals surface area contributed by atoms with E-state index in [4.69, 9.17) is 0 Å². The summed E-state index contributed by atoms with van der Waals surface area (Å²) in [7, 11) is 1.74. The summed E-state index contributed by atoms with van der Waals surface area (Å²) in [5.41, 5.74) is 10.2. The van der Waals surface area contributed by atoms with Crippen LogP contribution in [0.1, 0.15) is 71.7 Å². The second-order valence-corrected chi connectivity index (χ2v) is 10.7. The van der Waals surface area contributed by atoms with E-state index < -0.39 is 11.9 Å². The Hall–Kier alpha value is -5.12. The number of allylic oxidation sites excluding steroid dienone is 3. The Morgan fingerprint density at radius 1 is 0.932 bits per heavy atom. The molecule has 1 aliphatic rings. The minimum Gasteiger partial charge on any atom is -0.481 e. The van der Waals surface area contributed by atoms with Crippen LogP contribution in [0, 0.1) is 13.8 Å². The van der Waals surface area contributed by atoms with Crippen LogP contribution in [0.3, 0.4) is 0 Å². The first-order chi connectivity index (χ1) is 20.9. The molecule has 232 valence electrons. The fraction of sp³-hybridized carbons (Fsp3) is 0.294. The largest absolute Gasteiger partial charge is 0.481 e. The van der Waals surface area contributed by atoms with Crippen molar-refractivity contribution >= 4 is 36.3 Å². The highest BCUT2D eigenvalue weighted by atomic mass is 16.4. The number of amides is 1. The average molecular weight is 601 g/mol. The molecule has 0 radical (unpaired) electrons. The predicted octanol–water partition coefficient (Wildman–Crippen LogP) is 4.82. The summed E-state index contributed by atoms with van der Waals surface area (Å²) in [4.78, 5) is 53.8. The highest BCUT2D eigenvalue weighted by molar-refractivity contribution is 6.03. The molecule has 0 saturated carbocycles. The number of likely N-dealkylation sites (N-methyl/N-ethyl adjacent to an activating group) is 1. The van der Waals surface area contributed by atoms with Crippen molar-refractivity contribution in [3.8, 4) is 0 Å². The lowest BCUT2D eigenvalue weighted by molar-refractivity contribution is -0.138. The molecule has 3 rings (SSSR count). The molecule has 0 spiro atoms. The van der Waals surface area contributed by atoms with Gasteiger partial charge >= 0.3 is 11.9 Å². The average Bonchev–Trinajstić information content (AvgIpc) is 3.54. The van der Waals surface area contributed by atoms with Gasteiger partial charge in [0.25, 0.3) is 5.91 Å². The van der Waals surface area contributed by atoms with Crippen LogP contribution < -0.4 is 10.6 Å². The predicted molar refractivity (Wildman–Crippen MR) is 171 cm³/mol. The fourth-order valence-electron chi connectivity index (χ4n) is 5.46. The monoisotopic (exact) mass is 600 g/mol. The van der Waals surface area contributed by atoms with Gasteiger partial charge in [-0.25, -0.2) is 0 Å². The van der Waals surface area contributed by atoms with Gasteiger partial charge in [-0.1, -0.05) is 25.3 Å². The van der Waals surface area contributed by atoms with Crippen LogP contribution >= 0.6 is 0 Å². The van der Waals surface area contributed by atoms with Crippen molar-refractivity contribution in [1.29, 1.82) is 0 Å². The van der Waals surface area contributed by atoms with E-state index in [2.05, 4.69) is 33.8 Å². The van der Waals surface area contributed by atoms with E-state index in [0.717, 1.165) is 56.9 Å². The maximum absolute atomic E-state index is 12.4. The summed E-state index contributed by atoms with van der Waals surface area (Å²) in [6.45, 7) is 14.9. The molecule has 6 N–H and O–H groups in total. The van der Waals surface area contributed by atoms with Gasteiger partial charge in [-0.2, -0.15) is 0 Å². The zero-order valence-corrected chi connectivity index (χ0v) is 25.9. The van der Waals surface area contributed by atoms with Gasteiger partial charge in [-0.15, -0.1) is 0 Å². The summed E-state index contributed by atoms with van der Waals surface area (Å²) >= 11 is 0. The molecule has 1 amide bonds. The van der Waals surface area contributed by atoms with Crippen LogP contribution in [0.5, 0.6) is 0 Å². The van der Waals surface area contributed by atoms with Gasteiger partial charge < -0.3 is 30.8 Å². The summed E-state index contributed by atoms with van der Waals surface area (Å²) in [6, 6.07) is 0. The van der Waals surface area contributed by atoms with Crippen LogP contribution in [0.2, 0.25) is 0 Å². The lowest BCUT2D eigenvalue weighted by Gasteiger charge is -2.10. The van der Waals surface area contributed by atoms with E-state index in [9.17, 15) is 29.4 Å². The topological polar surface area (TPSA) is 164 Å². The van der Waals surface area contributed by atoms with E-state index >= 15 is 0 Å². The number of nitrogens with one attached hydrogen (secondary N) is 4. The highest BCUT2D eigenvalue weighted by Gasteiger charge is 2.24. The zero-order chi connectivity index (χ0) is 32.7. The van der Waals surface area contributed by atoms with Gasteiger partial charge in [0, 0.05) is 71.6 Å². The minimum atomic E-state index is -0.921. The van der Waals surface area contributed by atoms with Crippen LogP contribution in [0.4, 0.5) is 0 Å².